The van der Waals surface area contributed by atoms with Crippen LogP contribution < -0.4 is 4.74 Å². The van der Waals surface area contributed by atoms with Gasteiger partial charge in [-0.3, -0.25) is 4.79 Å². The van der Waals surface area contributed by atoms with Gasteiger partial charge < -0.3 is 14.4 Å². The van der Waals surface area contributed by atoms with Crippen LogP contribution in [0.3, 0.4) is 0 Å². The van der Waals surface area contributed by atoms with Crippen LogP contribution in [0.4, 0.5) is 0 Å². The molecule has 0 heterocycles. The summed E-state index contributed by atoms with van der Waals surface area (Å²) in [6, 6.07) is 7.76. The second-order valence-corrected chi connectivity index (χ2v) is 5.36. The highest BCUT2D eigenvalue weighted by Gasteiger charge is 2.13. The Bertz CT molecular complexity index is 425. The van der Waals surface area contributed by atoms with E-state index in [1.165, 1.54) is 0 Å². The zero-order chi connectivity index (χ0) is 15.0. The van der Waals surface area contributed by atoms with Crippen LogP contribution in [-0.2, 0) is 9.53 Å². The van der Waals surface area contributed by atoms with E-state index < -0.39 is 0 Å². The van der Waals surface area contributed by atoms with Gasteiger partial charge in [0.05, 0.1) is 25.0 Å². The predicted octanol–water partition coefficient (Wildman–Crippen LogP) is 2.48. The van der Waals surface area contributed by atoms with Gasteiger partial charge in [0.15, 0.2) is 0 Å². The van der Waals surface area contributed by atoms with Crippen LogP contribution in [0, 0.1) is 6.92 Å². The van der Waals surface area contributed by atoms with Crippen molar-refractivity contribution in [3.63, 3.8) is 0 Å². The summed E-state index contributed by atoms with van der Waals surface area (Å²) in [4.78, 5) is 13.5. The summed E-state index contributed by atoms with van der Waals surface area (Å²) >= 11 is 6.02. The van der Waals surface area contributed by atoms with E-state index in [-0.39, 0.29) is 11.3 Å². The standard InChI is InChI=1S/C15H22ClNO3/c1-12-5-4-6-14(9-12)20-8-7-15(18)17(2)10-13(16)11-19-3/h4-6,9,13H,7-8,10-11H2,1-3H3. The summed E-state index contributed by atoms with van der Waals surface area (Å²) in [5.41, 5.74) is 1.13. The third kappa shape index (κ3) is 6.26. The summed E-state index contributed by atoms with van der Waals surface area (Å²) in [5, 5.41) is -0.188. The second kappa shape index (κ2) is 8.82. The average Bonchev–Trinajstić information content (AvgIpc) is 2.38. The normalized spacial score (nSPS) is 12.0. The summed E-state index contributed by atoms with van der Waals surface area (Å²) in [6.45, 7) is 3.27. The smallest absolute Gasteiger partial charge is 0.225 e. The fourth-order valence-electron chi connectivity index (χ4n) is 1.78. The molecule has 0 bridgehead atoms. The highest BCUT2D eigenvalue weighted by atomic mass is 35.5. The van der Waals surface area contributed by atoms with Crippen molar-refractivity contribution in [3.05, 3.63) is 29.8 Å². The Labute approximate surface area is 125 Å². The SMILES string of the molecule is COCC(Cl)CN(C)C(=O)CCOc1cccc(C)c1. The number of rotatable bonds is 8. The number of ether oxygens (including phenoxy) is 2. The van der Waals surface area contributed by atoms with Gasteiger partial charge >= 0.3 is 0 Å². The van der Waals surface area contributed by atoms with E-state index in [1.807, 2.05) is 31.2 Å². The first-order valence-corrected chi connectivity index (χ1v) is 7.03. The molecule has 0 aliphatic rings. The molecule has 5 heteroatoms. The van der Waals surface area contributed by atoms with E-state index in [0.717, 1.165) is 11.3 Å². The number of amides is 1. The molecule has 0 aromatic heterocycles. The lowest BCUT2D eigenvalue weighted by Crippen LogP contribution is -2.34. The molecular weight excluding hydrogens is 278 g/mol. The van der Waals surface area contributed by atoms with Crippen LogP contribution in [0.1, 0.15) is 12.0 Å². The molecule has 0 aliphatic carbocycles. The summed E-state index contributed by atoms with van der Waals surface area (Å²) in [6.07, 6.45) is 0.334. The fraction of sp³-hybridized carbons (Fsp3) is 0.533. The number of aryl methyl sites for hydroxylation is 1. The molecule has 4 nitrogen and oxygen atoms in total. The topological polar surface area (TPSA) is 38.8 Å². The second-order valence-electron chi connectivity index (χ2n) is 4.74. The van der Waals surface area contributed by atoms with Crippen LogP contribution >= 0.6 is 11.6 Å². The Hall–Kier alpha value is -1.26. The number of hydrogen-bond donors (Lipinski definition) is 0. The van der Waals surface area contributed by atoms with E-state index in [4.69, 9.17) is 21.1 Å². The zero-order valence-electron chi connectivity index (χ0n) is 12.3. The number of methoxy groups -OCH3 is 1. The lowest BCUT2D eigenvalue weighted by Gasteiger charge is -2.20. The minimum absolute atomic E-state index is 0.0133. The molecule has 112 valence electrons. The molecule has 1 aromatic rings. The van der Waals surface area contributed by atoms with Gasteiger partial charge in [-0.25, -0.2) is 0 Å². The Kier molecular flexibility index (Phi) is 7.41. The van der Waals surface area contributed by atoms with Gasteiger partial charge in [0.25, 0.3) is 0 Å². The highest BCUT2D eigenvalue weighted by molar-refractivity contribution is 6.21. The van der Waals surface area contributed by atoms with E-state index in [1.54, 1.807) is 19.1 Å². The van der Waals surface area contributed by atoms with Crippen LogP contribution in [0.5, 0.6) is 5.75 Å². The molecule has 0 spiro atoms. The first-order valence-electron chi connectivity index (χ1n) is 6.59. The van der Waals surface area contributed by atoms with E-state index >= 15 is 0 Å². The monoisotopic (exact) mass is 299 g/mol. The fourth-order valence-corrected chi connectivity index (χ4v) is 2.12. The molecule has 20 heavy (non-hydrogen) atoms. The Morgan fingerprint density at radius 2 is 2.20 bits per heavy atom. The number of carbonyl (C=O) groups is 1. The van der Waals surface area contributed by atoms with Gasteiger partial charge in [0.1, 0.15) is 5.75 Å². The van der Waals surface area contributed by atoms with Crippen molar-refractivity contribution in [2.24, 2.45) is 0 Å². The number of halogens is 1. The molecule has 1 rings (SSSR count). The van der Waals surface area contributed by atoms with Gasteiger partial charge in [-0.15, -0.1) is 11.6 Å². The summed E-state index contributed by atoms with van der Waals surface area (Å²) in [7, 11) is 3.33. The van der Waals surface area contributed by atoms with Gasteiger partial charge in [-0.05, 0) is 24.6 Å². The van der Waals surface area contributed by atoms with Crippen LogP contribution in [0.2, 0.25) is 0 Å². The average molecular weight is 300 g/mol. The number of hydrogen-bond acceptors (Lipinski definition) is 3. The predicted molar refractivity (Wildman–Crippen MR) is 80.4 cm³/mol. The van der Waals surface area contributed by atoms with Crippen molar-refractivity contribution >= 4 is 17.5 Å². The molecule has 0 N–H and O–H groups in total. The first kappa shape index (κ1) is 16.8. The quantitative estimate of drug-likeness (QED) is 0.692. The van der Waals surface area contributed by atoms with Crippen molar-refractivity contribution < 1.29 is 14.3 Å². The van der Waals surface area contributed by atoms with Crippen molar-refractivity contribution in [2.45, 2.75) is 18.7 Å². The lowest BCUT2D eigenvalue weighted by molar-refractivity contribution is -0.130. The maximum Gasteiger partial charge on any atom is 0.225 e. The number of benzene rings is 1. The Morgan fingerprint density at radius 3 is 2.85 bits per heavy atom. The number of nitrogens with zero attached hydrogens (tertiary/aromatic N) is 1. The molecule has 1 unspecified atom stereocenters. The van der Waals surface area contributed by atoms with Gasteiger partial charge in [0, 0.05) is 20.7 Å². The van der Waals surface area contributed by atoms with E-state index in [9.17, 15) is 4.79 Å². The van der Waals surface area contributed by atoms with Crippen molar-refractivity contribution in [1.29, 1.82) is 0 Å². The number of alkyl halides is 1. The minimum atomic E-state index is -0.188. The van der Waals surface area contributed by atoms with Crippen LogP contribution in [-0.4, -0.2) is 50.1 Å². The van der Waals surface area contributed by atoms with Crippen molar-refractivity contribution in [1.82, 2.24) is 4.90 Å². The van der Waals surface area contributed by atoms with Crippen LogP contribution in [0.15, 0.2) is 24.3 Å². The summed E-state index contributed by atoms with van der Waals surface area (Å²) < 4.78 is 10.5. The Morgan fingerprint density at radius 1 is 1.45 bits per heavy atom. The van der Waals surface area contributed by atoms with Gasteiger partial charge in [-0.2, -0.15) is 0 Å². The molecule has 0 radical (unpaired) electrons. The largest absolute Gasteiger partial charge is 0.493 e. The Balaban J connectivity index is 2.28. The molecule has 1 aromatic carbocycles. The molecule has 1 amide bonds. The molecule has 0 saturated carbocycles. The highest BCUT2D eigenvalue weighted by Crippen LogP contribution is 2.12. The van der Waals surface area contributed by atoms with Crippen LogP contribution in [0.25, 0.3) is 0 Å². The molecule has 0 aliphatic heterocycles. The summed E-state index contributed by atoms with van der Waals surface area (Å²) in [5.74, 6) is 0.800. The maximum absolute atomic E-state index is 11.9. The van der Waals surface area contributed by atoms with E-state index in [2.05, 4.69) is 0 Å². The maximum atomic E-state index is 11.9. The minimum Gasteiger partial charge on any atom is -0.493 e. The zero-order valence-corrected chi connectivity index (χ0v) is 13.0. The van der Waals surface area contributed by atoms with E-state index in [0.29, 0.717) is 26.2 Å². The molecule has 0 saturated heterocycles. The molecule has 0 fully saturated rings. The third-order valence-corrected chi connectivity index (χ3v) is 3.08. The number of carbonyl (C=O) groups excluding carboxylic acids is 1. The lowest BCUT2D eigenvalue weighted by atomic mass is 10.2. The molecular formula is C15H22ClNO3. The van der Waals surface area contributed by atoms with Gasteiger partial charge in [-0.1, -0.05) is 12.1 Å². The van der Waals surface area contributed by atoms with Crippen molar-refractivity contribution in [3.8, 4) is 5.75 Å². The first-order chi connectivity index (χ1) is 9.52. The molecule has 1 atom stereocenters. The van der Waals surface area contributed by atoms with Gasteiger partial charge in [0.2, 0.25) is 5.91 Å². The third-order valence-electron chi connectivity index (χ3n) is 2.82. The van der Waals surface area contributed by atoms with Crippen molar-refractivity contribution in [2.75, 3.05) is 33.9 Å².